The molecular weight excluding hydrogens is 504 g/mol. The Hall–Kier alpha value is -3.84. The Morgan fingerprint density at radius 1 is 1.23 bits per heavy atom. The van der Waals surface area contributed by atoms with Crippen LogP contribution in [0.5, 0.6) is 5.75 Å². The molecule has 2 amide bonds. The predicted molar refractivity (Wildman–Crippen MR) is 158 cm³/mol. The summed E-state index contributed by atoms with van der Waals surface area (Å²) in [5, 5.41) is 17.4. The van der Waals surface area contributed by atoms with Crippen LogP contribution in [0.1, 0.15) is 57.1 Å². The average molecular weight is 547 g/mol. The first-order valence-corrected chi connectivity index (χ1v) is 14.2. The second-order valence-electron chi connectivity index (χ2n) is 11.0. The lowest BCUT2D eigenvalue weighted by Crippen LogP contribution is -2.62. The highest BCUT2D eigenvalue weighted by Gasteiger charge is 2.38. The highest BCUT2D eigenvalue weighted by Crippen LogP contribution is 2.29. The van der Waals surface area contributed by atoms with Gasteiger partial charge in [-0.15, -0.1) is 0 Å². The molecule has 1 N–H and O–H groups in total. The molecule has 0 bridgehead atoms. The van der Waals surface area contributed by atoms with E-state index in [9.17, 15) is 10.1 Å². The number of ether oxygens (including phenoxy) is 1. The number of piperidine rings is 2. The summed E-state index contributed by atoms with van der Waals surface area (Å²) in [4.78, 5) is 23.8. The fraction of sp³-hybridized carbons (Fsp3) is 0.533. The number of aromatic nitrogens is 2. The monoisotopic (exact) mass is 546 g/mol. The van der Waals surface area contributed by atoms with Crippen LogP contribution in [0.2, 0.25) is 0 Å². The summed E-state index contributed by atoms with van der Waals surface area (Å²) in [6, 6.07) is 4.25. The third-order valence-electron chi connectivity index (χ3n) is 7.77. The standard InChI is InChI=1S/C30H42N8O2/c1-6-40-25-18-26(28-24(19-31)20-33-38(28)21-25)23(2)10-11-27(32-3)36-16-12-30(13-17-36,22-35(4)5)34-29(39)37-14-8-7-9-15-37/h10-11,18,20-21H,3,6-9,12-17,22H2,1-2,4-5H3,(H,34,39)/b23-10+,27-11+. The van der Waals surface area contributed by atoms with Gasteiger partial charge in [0.05, 0.1) is 35.6 Å². The molecule has 2 aliphatic heterocycles. The second-order valence-corrected chi connectivity index (χ2v) is 11.0. The number of hydrogen-bond donors (Lipinski definition) is 1. The molecule has 40 heavy (non-hydrogen) atoms. The molecule has 10 nitrogen and oxygen atoms in total. The zero-order valence-corrected chi connectivity index (χ0v) is 24.3. The SMILES string of the molecule is C=N/C(=C\C=C(/C)c1cc(OCC)cn2ncc(C#N)c12)N1CCC(CN(C)C)(NC(=O)N2CCCCC2)CC1. The van der Waals surface area contributed by atoms with Gasteiger partial charge in [0.1, 0.15) is 17.6 Å². The Morgan fingerprint density at radius 3 is 2.58 bits per heavy atom. The third kappa shape index (κ3) is 6.65. The Kier molecular flexibility index (Phi) is 9.48. The number of nitrogens with one attached hydrogen (secondary N) is 1. The van der Waals surface area contributed by atoms with Crippen molar-refractivity contribution in [3.05, 3.63) is 47.6 Å². The van der Waals surface area contributed by atoms with Crippen LogP contribution < -0.4 is 10.1 Å². The first kappa shape index (κ1) is 29.2. The third-order valence-corrected chi connectivity index (χ3v) is 7.77. The fourth-order valence-electron chi connectivity index (χ4n) is 5.77. The number of urea groups is 1. The molecule has 0 spiro atoms. The van der Waals surface area contributed by atoms with Crippen molar-refractivity contribution in [1.82, 2.24) is 29.6 Å². The number of fused-ring (bicyclic) bond motifs is 1. The molecule has 4 rings (SSSR count). The number of amides is 2. The molecule has 10 heteroatoms. The van der Waals surface area contributed by atoms with Crippen molar-refractivity contribution in [1.29, 1.82) is 5.26 Å². The van der Waals surface area contributed by atoms with Crippen LogP contribution in [-0.4, -0.2) is 96.0 Å². The quantitative estimate of drug-likeness (QED) is 0.375. The van der Waals surface area contributed by atoms with Crippen molar-refractivity contribution < 1.29 is 9.53 Å². The van der Waals surface area contributed by atoms with E-state index in [4.69, 9.17) is 4.74 Å². The lowest BCUT2D eigenvalue weighted by molar-refractivity contribution is 0.117. The minimum absolute atomic E-state index is 0.0587. The van der Waals surface area contributed by atoms with E-state index < -0.39 is 0 Å². The maximum Gasteiger partial charge on any atom is 0.317 e. The highest BCUT2D eigenvalue weighted by molar-refractivity contribution is 5.82. The van der Waals surface area contributed by atoms with Crippen molar-refractivity contribution in [2.45, 2.75) is 51.5 Å². The first-order valence-electron chi connectivity index (χ1n) is 14.2. The van der Waals surface area contributed by atoms with Crippen molar-refractivity contribution in [3.63, 3.8) is 0 Å². The number of likely N-dealkylation sites (tertiary alicyclic amines) is 2. The summed E-state index contributed by atoms with van der Waals surface area (Å²) in [7, 11) is 4.11. The smallest absolute Gasteiger partial charge is 0.317 e. The predicted octanol–water partition coefficient (Wildman–Crippen LogP) is 4.14. The fourth-order valence-corrected chi connectivity index (χ4v) is 5.77. The van der Waals surface area contributed by atoms with Crippen LogP contribution in [0.3, 0.4) is 0 Å². The van der Waals surface area contributed by atoms with Crippen LogP contribution in [0.15, 0.2) is 41.4 Å². The number of carbonyl (C=O) groups excluding carboxylic acids is 1. The summed E-state index contributed by atoms with van der Waals surface area (Å²) < 4.78 is 7.44. The molecular formula is C30H42N8O2. The number of aliphatic imine (C=N–C) groups is 1. The Balaban J connectivity index is 1.53. The zero-order valence-electron chi connectivity index (χ0n) is 24.3. The summed E-state index contributed by atoms with van der Waals surface area (Å²) in [6.45, 7) is 12.3. The molecule has 2 saturated heterocycles. The van der Waals surface area contributed by atoms with E-state index in [1.54, 1.807) is 16.9 Å². The van der Waals surface area contributed by atoms with Gasteiger partial charge < -0.3 is 24.8 Å². The Labute approximate surface area is 237 Å². The van der Waals surface area contributed by atoms with Crippen LogP contribution >= 0.6 is 0 Å². The molecule has 2 aliphatic rings. The largest absolute Gasteiger partial charge is 0.492 e. The number of nitriles is 1. The van der Waals surface area contributed by atoms with E-state index in [1.165, 1.54) is 6.42 Å². The first-order chi connectivity index (χ1) is 19.3. The second kappa shape index (κ2) is 13.0. The van der Waals surface area contributed by atoms with Gasteiger partial charge >= 0.3 is 6.03 Å². The van der Waals surface area contributed by atoms with Crippen LogP contribution in [0.25, 0.3) is 11.1 Å². The number of hydrogen-bond acceptors (Lipinski definition) is 7. The molecule has 0 aromatic carbocycles. The summed E-state index contributed by atoms with van der Waals surface area (Å²) in [6.07, 6.45) is 12.3. The summed E-state index contributed by atoms with van der Waals surface area (Å²) in [5.41, 5.74) is 2.81. The molecule has 4 heterocycles. The van der Waals surface area contributed by atoms with Gasteiger partial charge in [-0.05, 0) is 84.5 Å². The van der Waals surface area contributed by atoms with Gasteiger partial charge in [-0.2, -0.15) is 10.4 Å². The number of allylic oxidation sites excluding steroid dienone is 3. The molecule has 0 atom stereocenters. The van der Waals surface area contributed by atoms with Crippen molar-refractivity contribution in [3.8, 4) is 11.8 Å². The van der Waals surface area contributed by atoms with Crippen LogP contribution in [0, 0.1) is 11.3 Å². The topological polar surface area (TPSA) is 101 Å². The van der Waals surface area contributed by atoms with E-state index in [0.29, 0.717) is 17.9 Å². The van der Waals surface area contributed by atoms with Gasteiger partial charge in [0.25, 0.3) is 0 Å². The number of rotatable bonds is 9. The maximum atomic E-state index is 13.1. The Bertz CT molecular complexity index is 1300. The van der Waals surface area contributed by atoms with Crippen LogP contribution in [-0.2, 0) is 0 Å². The molecule has 214 valence electrons. The number of pyridine rings is 1. The molecule has 2 aromatic heterocycles. The van der Waals surface area contributed by atoms with Crippen molar-refractivity contribution >= 4 is 23.8 Å². The van der Waals surface area contributed by atoms with Gasteiger partial charge in [-0.1, -0.05) is 6.08 Å². The van der Waals surface area contributed by atoms with E-state index in [1.807, 2.05) is 37.0 Å². The van der Waals surface area contributed by atoms with Gasteiger partial charge in [0.15, 0.2) is 0 Å². The van der Waals surface area contributed by atoms with Gasteiger partial charge in [0, 0.05) is 38.3 Å². The normalized spacial score (nSPS) is 18.1. The number of carbonyl (C=O) groups is 1. The van der Waals surface area contributed by atoms with E-state index in [2.05, 4.69) is 52.1 Å². The molecule has 0 radical (unpaired) electrons. The lowest BCUT2D eigenvalue weighted by Gasteiger charge is -2.45. The molecule has 2 aromatic rings. The minimum atomic E-state index is -0.284. The van der Waals surface area contributed by atoms with Gasteiger partial charge in [-0.3, -0.25) is 0 Å². The van der Waals surface area contributed by atoms with E-state index in [-0.39, 0.29) is 11.6 Å². The zero-order chi connectivity index (χ0) is 28.7. The highest BCUT2D eigenvalue weighted by atomic mass is 16.5. The van der Waals surface area contributed by atoms with E-state index >= 15 is 0 Å². The number of likely N-dealkylation sites (N-methyl/N-ethyl adjacent to an activating group) is 1. The molecule has 0 unspecified atom stereocenters. The number of nitrogens with zero attached hydrogens (tertiary/aromatic N) is 7. The summed E-state index contributed by atoms with van der Waals surface area (Å²) in [5.74, 6) is 1.47. The van der Waals surface area contributed by atoms with E-state index in [0.717, 1.165) is 80.9 Å². The maximum absolute atomic E-state index is 13.1. The lowest BCUT2D eigenvalue weighted by atomic mass is 9.86. The molecule has 2 fully saturated rings. The average Bonchev–Trinajstić information content (AvgIpc) is 3.37. The minimum Gasteiger partial charge on any atom is -0.492 e. The van der Waals surface area contributed by atoms with Crippen molar-refractivity contribution in [2.24, 2.45) is 4.99 Å². The van der Waals surface area contributed by atoms with Gasteiger partial charge in [-0.25, -0.2) is 14.3 Å². The Morgan fingerprint density at radius 2 is 1.95 bits per heavy atom. The van der Waals surface area contributed by atoms with Gasteiger partial charge in [0.2, 0.25) is 0 Å². The van der Waals surface area contributed by atoms with Crippen LogP contribution in [0.4, 0.5) is 4.79 Å². The van der Waals surface area contributed by atoms with Crippen molar-refractivity contribution in [2.75, 3.05) is 53.4 Å². The molecule has 0 aliphatic carbocycles. The molecule has 0 saturated carbocycles. The summed E-state index contributed by atoms with van der Waals surface area (Å²) >= 11 is 0.